The highest BCUT2D eigenvalue weighted by molar-refractivity contribution is 6.08. The summed E-state index contributed by atoms with van der Waals surface area (Å²) < 4.78 is 6.23. The first kappa shape index (κ1) is 18.8. The van der Waals surface area contributed by atoms with Gasteiger partial charge in [0.05, 0.1) is 5.69 Å². The Balaban J connectivity index is 1.60. The average molecular weight is 415 g/mol. The third kappa shape index (κ3) is 2.82. The predicted octanol–water partition coefficient (Wildman–Crippen LogP) is 7.79. The van der Waals surface area contributed by atoms with Crippen LogP contribution in [0.2, 0.25) is 0 Å². The lowest BCUT2D eigenvalue weighted by atomic mass is 9.93. The minimum Gasteiger partial charge on any atom is -0.437 e. The van der Waals surface area contributed by atoms with Gasteiger partial charge in [0.15, 0.2) is 0 Å². The summed E-state index contributed by atoms with van der Waals surface area (Å²) in [6.07, 6.45) is 1.96. The molecule has 0 N–H and O–H groups in total. The van der Waals surface area contributed by atoms with Gasteiger partial charge in [-0.05, 0) is 78.1 Å². The summed E-state index contributed by atoms with van der Waals surface area (Å²) in [5, 5.41) is 4.64. The second-order valence-electron chi connectivity index (χ2n) is 8.45. The van der Waals surface area contributed by atoms with E-state index >= 15 is 0 Å². The number of benzene rings is 3. The molecule has 0 saturated heterocycles. The zero-order chi connectivity index (χ0) is 21.8. The first-order chi connectivity index (χ1) is 15.6. The van der Waals surface area contributed by atoms with E-state index in [1.807, 2.05) is 19.2 Å². The Bertz CT molecular complexity index is 1660. The van der Waals surface area contributed by atoms with Gasteiger partial charge in [0.2, 0.25) is 5.71 Å². The highest BCUT2D eigenvalue weighted by Crippen LogP contribution is 2.38. The Morgan fingerprint density at radius 3 is 2.31 bits per heavy atom. The fourth-order valence-electron chi connectivity index (χ4n) is 4.62. The van der Waals surface area contributed by atoms with Gasteiger partial charge in [-0.15, -0.1) is 0 Å². The maximum Gasteiger partial charge on any atom is 0.227 e. The summed E-state index contributed by atoms with van der Waals surface area (Å²) in [5.74, 6) is 0. The molecule has 3 aromatic carbocycles. The summed E-state index contributed by atoms with van der Waals surface area (Å²) in [6, 6.07) is 25.5. The van der Waals surface area contributed by atoms with Crippen molar-refractivity contribution in [1.29, 1.82) is 0 Å². The van der Waals surface area contributed by atoms with Crippen molar-refractivity contribution in [2.24, 2.45) is 0 Å². The Morgan fingerprint density at radius 2 is 1.44 bits per heavy atom. The van der Waals surface area contributed by atoms with E-state index in [1.165, 1.54) is 27.5 Å². The van der Waals surface area contributed by atoms with Crippen LogP contribution in [0.3, 0.4) is 0 Å². The first-order valence-corrected chi connectivity index (χ1v) is 10.8. The summed E-state index contributed by atoms with van der Waals surface area (Å²) in [6.45, 7) is 6.26. The van der Waals surface area contributed by atoms with Crippen LogP contribution >= 0.6 is 0 Å². The van der Waals surface area contributed by atoms with Crippen LogP contribution in [0.25, 0.3) is 55.2 Å². The Morgan fingerprint density at radius 1 is 0.625 bits per heavy atom. The lowest BCUT2D eigenvalue weighted by Crippen LogP contribution is -1.92. The van der Waals surface area contributed by atoms with Crippen molar-refractivity contribution in [1.82, 2.24) is 9.97 Å². The molecule has 0 bridgehead atoms. The van der Waals surface area contributed by atoms with Crippen molar-refractivity contribution < 1.29 is 4.42 Å². The van der Waals surface area contributed by atoms with Crippen LogP contribution in [-0.4, -0.2) is 9.97 Å². The molecule has 0 aliphatic rings. The maximum absolute atomic E-state index is 6.23. The molecule has 0 radical (unpaired) electrons. The highest BCUT2D eigenvalue weighted by atomic mass is 16.3. The van der Waals surface area contributed by atoms with Gasteiger partial charge in [0, 0.05) is 28.2 Å². The van der Waals surface area contributed by atoms with E-state index in [0.29, 0.717) is 5.71 Å². The summed E-state index contributed by atoms with van der Waals surface area (Å²) in [4.78, 5) is 9.37. The van der Waals surface area contributed by atoms with Crippen LogP contribution in [0.4, 0.5) is 0 Å². The molecule has 0 unspecified atom stereocenters. The van der Waals surface area contributed by atoms with Gasteiger partial charge in [0.25, 0.3) is 0 Å². The molecule has 0 spiro atoms. The molecule has 154 valence electrons. The number of hydrogen-bond donors (Lipinski definition) is 0. The molecule has 3 heteroatoms. The molecule has 0 fully saturated rings. The van der Waals surface area contributed by atoms with Gasteiger partial charge in [0.1, 0.15) is 5.58 Å². The monoisotopic (exact) mass is 414 g/mol. The second-order valence-corrected chi connectivity index (χ2v) is 8.45. The van der Waals surface area contributed by atoms with E-state index in [2.05, 4.69) is 85.6 Å². The van der Waals surface area contributed by atoms with Gasteiger partial charge >= 0.3 is 0 Å². The number of pyridine rings is 2. The molecule has 6 rings (SSSR count). The number of nitrogens with zero attached hydrogens (tertiary/aromatic N) is 2. The number of aryl methyl sites for hydroxylation is 3. The molecule has 3 aromatic heterocycles. The van der Waals surface area contributed by atoms with Gasteiger partial charge < -0.3 is 4.42 Å². The van der Waals surface area contributed by atoms with E-state index < -0.39 is 0 Å². The van der Waals surface area contributed by atoms with Gasteiger partial charge in [-0.2, -0.15) is 0 Å². The molecule has 0 aliphatic heterocycles. The van der Waals surface area contributed by atoms with E-state index in [9.17, 15) is 0 Å². The smallest absolute Gasteiger partial charge is 0.227 e. The molecule has 0 amide bonds. The Hall–Kier alpha value is -3.98. The van der Waals surface area contributed by atoms with Crippen LogP contribution < -0.4 is 0 Å². The van der Waals surface area contributed by atoms with E-state index in [0.717, 1.165) is 38.9 Å². The molecule has 0 aliphatic carbocycles. The van der Waals surface area contributed by atoms with Crippen molar-refractivity contribution in [3.8, 4) is 22.4 Å². The summed E-state index contributed by atoms with van der Waals surface area (Å²) in [5.41, 5.74) is 9.17. The molecule has 6 aromatic rings. The molecule has 3 nitrogen and oxygen atoms in total. The maximum atomic E-state index is 6.23. The molecular formula is C29H22N2O. The summed E-state index contributed by atoms with van der Waals surface area (Å²) >= 11 is 0. The summed E-state index contributed by atoms with van der Waals surface area (Å²) in [7, 11) is 0. The Kier molecular flexibility index (Phi) is 4.12. The van der Waals surface area contributed by atoms with Crippen LogP contribution in [0.1, 0.15) is 16.8 Å². The number of aromatic nitrogens is 2. The average Bonchev–Trinajstić information content (AvgIpc) is 3.18. The zero-order valence-corrected chi connectivity index (χ0v) is 18.3. The fraction of sp³-hybridized carbons (Fsp3) is 0.103. The lowest BCUT2D eigenvalue weighted by molar-refractivity contribution is 0.653. The molecule has 0 saturated carbocycles. The topological polar surface area (TPSA) is 38.9 Å². The third-order valence-electron chi connectivity index (χ3n) is 6.31. The van der Waals surface area contributed by atoms with Gasteiger partial charge in [-0.3, -0.25) is 4.98 Å². The van der Waals surface area contributed by atoms with E-state index in [-0.39, 0.29) is 0 Å². The van der Waals surface area contributed by atoms with Crippen LogP contribution in [-0.2, 0) is 0 Å². The van der Waals surface area contributed by atoms with Crippen LogP contribution in [0, 0.1) is 20.8 Å². The first-order valence-electron chi connectivity index (χ1n) is 10.8. The van der Waals surface area contributed by atoms with Crippen molar-refractivity contribution in [2.75, 3.05) is 0 Å². The number of rotatable bonds is 2. The van der Waals surface area contributed by atoms with E-state index in [4.69, 9.17) is 9.40 Å². The third-order valence-corrected chi connectivity index (χ3v) is 6.31. The molecule has 3 heterocycles. The second kappa shape index (κ2) is 7.03. The van der Waals surface area contributed by atoms with E-state index in [1.54, 1.807) is 0 Å². The number of hydrogen-bond acceptors (Lipinski definition) is 3. The van der Waals surface area contributed by atoms with Crippen molar-refractivity contribution in [2.45, 2.75) is 20.8 Å². The van der Waals surface area contributed by atoms with Crippen molar-refractivity contribution >= 4 is 32.8 Å². The van der Waals surface area contributed by atoms with Crippen molar-refractivity contribution in [3.63, 3.8) is 0 Å². The molecule has 32 heavy (non-hydrogen) atoms. The zero-order valence-electron chi connectivity index (χ0n) is 18.3. The normalized spacial score (nSPS) is 11.6. The van der Waals surface area contributed by atoms with Gasteiger partial charge in [-0.25, -0.2) is 4.98 Å². The Labute approximate surface area is 186 Å². The van der Waals surface area contributed by atoms with Crippen LogP contribution in [0.5, 0.6) is 0 Å². The fourth-order valence-corrected chi connectivity index (χ4v) is 4.62. The highest BCUT2D eigenvalue weighted by Gasteiger charge is 2.16. The largest absolute Gasteiger partial charge is 0.437 e. The molecular weight excluding hydrogens is 392 g/mol. The van der Waals surface area contributed by atoms with Crippen molar-refractivity contribution in [3.05, 3.63) is 95.8 Å². The predicted molar refractivity (Wildman–Crippen MR) is 132 cm³/mol. The number of para-hydroxylation sites is 1. The minimum absolute atomic E-state index is 0.671. The SMILES string of the molecule is Cc1ccc2c(n1)oc1c(-c3cc(-c4ccc(C)c5ccccc45)c(C)cn3)cccc12. The lowest BCUT2D eigenvalue weighted by Gasteiger charge is -2.13. The number of fused-ring (bicyclic) bond motifs is 4. The number of furan rings is 1. The minimum atomic E-state index is 0.671. The quantitative estimate of drug-likeness (QED) is 0.290. The van der Waals surface area contributed by atoms with Gasteiger partial charge in [-0.1, -0.05) is 48.5 Å². The molecule has 0 atom stereocenters. The standard InChI is InChI=1S/C29H22N2O/c1-17-11-13-22(21-8-5-4-7-20(17)21)26-15-27(30-16-18(26)2)25-10-6-9-23-24-14-12-19(3)31-29(24)32-28(23)25/h4-16H,1-3H3. The van der Waals surface area contributed by atoms with Crippen LogP contribution in [0.15, 0.2) is 83.4 Å².